The van der Waals surface area contributed by atoms with Crippen LogP contribution in [0.2, 0.25) is 0 Å². The molecule has 0 aliphatic heterocycles. The van der Waals surface area contributed by atoms with Gasteiger partial charge in [-0.25, -0.2) is 0 Å². The maximum Gasteiger partial charge on any atom is 0.0980 e. The molecule has 14 heavy (non-hydrogen) atoms. The minimum Gasteiger partial charge on any atom is -0.339 e. The van der Waals surface area contributed by atoms with Crippen molar-refractivity contribution < 1.29 is 0 Å². The lowest BCUT2D eigenvalue weighted by Crippen LogP contribution is -2.09. The van der Waals surface area contributed by atoms with E-state index in [0.717, 1.165) is 21.9 Å². The van der Waals surface area contributed by atoms with E-state index >= 15 is 0 Å². The monoisotopic (exact) mass is 184 g/mol. The van der Waals surface area contributed by atoms with Crippen LogP contribution in [0.5, 0.6) is 0 Å². The zero-order chi connectivity index (χ0) is 9.54. The van der Waals surface area contributed by atoms with Crippen LogP contribution in [0, 0.1) is 0 Å². The molecule has 0 aliphatic carbocycles. The van der Waals surface area contributed by atoms with Gasteiger partial charge in [0.2, 0.25) is 0 Å². The summed E-state index contributed by atoms with van der Waals surface area (Å²) < 4.78 is 1.56. The summed E-state index contributed by atoms with van der Waals surface area (Å²) in [6.07, 6.45) is 5.19. The lowest BCUT2D eigenvalue weighted by molar-refractivity contribution is 1.03. The molecule has 3 rings (SSSR count). The summed E-state index contributed by atoms with van der Waals surface area (Å²) in [7, 11) is 0. The highest BCUT2D eigenvalue weighted by Gasteiger charge is 2.03. The van der Waals surface area contributed by atoms with Crippen molar-refractivity contribution in [2.24, 2.45) is 0 Å². The van der Waals surface area contributed by atoms with Gasteiger partial charge < -0.3 is 5.84 Å². The second-order valence-corrected chi connectivity index (χ2v) is 3.15. The number of aromatic nitrogens is 3. The first kappa shape index (κ1) is 7.32. The zero-order valence-electron chi connectivity index (χ0n) is 7.38. The maximum absolute atomic E-state index is 5.77. The Morgan fingerprint density at radius 2 is 2.00 bits per heavy atom. The van der Waals surface area contributed by atoms with Crippen LogP contribution in [0.3, 0.4) is 0 Å². The predicted octanol–water partition coefficient (Wildman–Crippen LogP) is 1.30. The summed E-state index contributed by atoms with van der Waals surface area (Å²) in [6.45, 7) is 0. The van der Waals surface area contributed by atoms with Crippen molar-refractivity contribution in [3.63, 3.8) is 0 Å². The number of fused-ring (bicyclic) bond motifs is 3. The zero-order valence-corrected chi connectivity index (χ0v) is 7.38. The van der Waals surface area contributed by atoms with E-state index in [1.807, 2.05) is 18.2 Å². The first-order chi connectivity index (χ1) is 6.86. The summed E-state index contributed by atoms with van der Waals surface area (Å²) in [5, 5.41) is 1.04. The van der Waals surface area contributed by atoms with E-state index in [9.17, 15) is 0 Å². The largest absolute Gasteiger partial charge is 0.339 e. The van der Waals surface area contributed by atoms with Crippen molar-refractivity contribution in [2.75, 3.05) is 5.84 Å². The third-order valence-electron chi connectivity index (χ3n) is 2.34. The number of nitrogens with two attached hydrogens (primary N) is 1. The Bertz CT molecular complexity index is 612. The van der Waals surface area contributed by atoms with Gasteiger partial charge >= 0.3 is 0 Å². The smallest absolute Gasteiger partial charge is 0.0980 e. The van der Waals surface area contributed by atoms with Gasteiger partial charge in [-0.1, -0.05) is 0 Å². The average Bonchev–Trinajstić information content (AvgIpc) is 2.66. The van der Waals surface area contributed by atoms with Gasteiger partial charge in [0.1, 0.15) is 0 Å². The van der Waals surface area contributed by atoms with Crippen LogP contribution in [0.1, 0.15) is 0 Å². The minimum absolute atomic E-state index is 0.894. The first-order valence-corrected chi connectivity index (χ1v) is 4.32. The molecule has 0 saturated heterocycles. The SMILES string of the molecule is Nn1ccnc2c3ccnc3ccc21. The summed E-state index contributed by atoms with van der Waals surface area (Å²) in [5.41, 5.74) is 2.76. The lowest BCUT2D eigenvalue weighted by atomic mass is 10.2. The van der Waals surface area contributed by atoms with Crippen LogP contribution >= 0.6 is 0 Å². The molecule has 4 nitrogen and oxygen atoms in total. The Morgan fingerprint density at radius 1 is 1.07 bits per heavy atom. The molecule has 3 aromatic rings. The first-order valence-electron chi connectivity index (χ1n) is 4.32. The van der Waals surface area contributed by atoms with Gasteiger partial charge in [0.25, 0.3) is 0 Å². The van der Waals surface area contributed by atoms with Crippen molar-refractivity contribution >= 4 is 21.9 Å². The summed E-state index contributed by atoms with van der Waals surface area (Å²) in [4.78, 5) is 8.51. The lowest BCUT2D eigenvalue weighted by Gasteiger charge is -2.04. The third kappa shape index (κ3) is 0.821. The van der Waals surface area contributed by atoms with Gasteiger partial charge in [0.15, 0.2) is 0 Å². The molecule has 2 heterocycles. The fraction of sp³-hybridized carbons (Fsp3) is 0. The van der Waals surface area contributed by atoms with Crippen molar-refractivity contribution in [1.29, 1.82) is 0 Å². The molecule has 1 aromatic carbocycles. The number of hydrogen-bond donors (Lipinski definition) is 1. The Balaban J connectivity index is 2.64. The van der Waals surface area contributed by atoms with Gasteiger partial charge in [-0.15, -0.1) is 0 Å². The molecule has 0 saturated carbocycles. The van der Waals surface area contributed by atoms with Crippen molar-refractivity contribution in [3.8, 4) is 0 Å². The van der Waals surface area contributed by atoms with Crippen LogP contribution < -0.4 is 5.84 Å². The van der Waals surface area contributed by atoms with Gasteiger partial charge in [0, 0.05) is 24.0 Å². The predicted molar refractivity (Wildman–Crippen MR) is 55.2 cm³/mol. The topological polar surface area (TPSA) is 56.7 Å². The number of nitrogen functional groups attached to an aromatic ring is 1. The van der Waals surface area contributed by atoms with E-state index in [1.54, 1.807) is 23.3 Å². The molecular formula is C10H8N4. The van der Waals surface area contributed by atoms with Gasteiger partial charge in [-0.3, -0.25) is 14.6 Å². The van der Waals surface area contributed by atoms with Crippen LogP contribution in [-0.4, -0.2) is 14.6 Å². The fourth-order valence-corrected chi connectivity index (χ4v) is 1.66. The molecule has 0 unspecified atom stereocenters. The molecule has 2 N–H and O–H groups in total. The van der Waals surface area contributed by atoms with E-state index in [1.165, 1.54) is 0 Å². The number of nitrogens with zero attached hydrogens (tertiary/aromatic N) is 3. The molecule has 0 spiro atoms. The Morgan fingerprint density at radius 3 is 2.93 bits per heavy atom. The average molecular weight is 184 g/mol. The highest BCUT2D eigenvalue weighted by Crippen LogP contribution is 2.21. The standard InChI is InChI=1S/C10H8N4/c11-14-6-5-13-10-7-3-4-12-8(7)1-2-9(10)14/h1-6H,11H2. The number of rotatable bonds is 0. The van der Waals surface area contributed by atoms with Crippen LogP contribution in [0.15, 0.2) is 36.8 Å². The van der Waals surface area contributed by atoms with E-state index in [0.29, 0.717) is 0 Å². The molecule has 0 fully saturated rings. The molecule has 68 valence electrons. The van der Waals surface area contributed by atoms with Crippen molar-refractivity contribution in [1.82, 2.24) is 14.6 Å². The highest BCUT2D eigenvalue weighted by atomic mass is 15.3. The quantitative estimate of drug-likeness (QED) is 0.536. The van der Waals surface area contributed by atoms with E-state index in [-0.39, 0.29) is 0 Å². The maximum atomic E-state index is 5.77. The molecular weight excluding hydrogens is 176 g/mol. The van der Waals surface area contributed by atoms with Gasteiger partial charge in [-0.05, 0) is 18.2 Å². The Labute approximate surface area is 80.0 Å². The molecule has 0 bridgehead atoms. The molecule has 4 heteroatoms. The molecule has 0 atom stereocenters. The molecule has 0 radical (unpaired) electrons. The van der Waals surface area contributed by atoms with Gasteiger partial charge in [-0.2, -0.15) is 0 Å². The summed E-state index contributed by atoms with van der Waals surface area (Å²) in [5.74, 6) is 5.77. The Hall–Kier alpha value is -2.10. The Kier molecular flexibility index (Phi) is 1.28. The van der Waals surface area contributed by atoms with Crippen molar-refractivity contribution in [3.05, 3.63) is 36.8 Å². The molecule has 2 aromatic heterocycles. The van der Waals surface area contributed by atoms with Crippen molar-refractivity contribution in [2.45, 2.75) is 0 Å². The van der Waals surface area contributed by atoms with Crippen LogP contribution in [0.25, 0.3) is 21.9 Å². The van der Waals surface area contributed by atoms with E-state index in [2.05, 4.69) is 9.97 Å². The highest BCUT2D eigenvalue weighted by molar-refractivity contribution is 6.02. The second-order valence-electron chi connectivity index (χ2n) is 3.15. The molecule has 0 amide bonds. The summed E-state index contributed by atoms with van der Waals surface area (Å²) in [6, 6.07) is 5.82. The normalized spacial score (nSPS) is 11.1. The fourth-order valence-electron chi connectivity index (χ4n) is 1.66. The molecule has 0 aliphatic rings. The number of benzene rings is 1. The summed E-state index contributed by atoms with van der Waals surface area (Å²) >= 11 is 0. The number of hydrogen-bond acceptors (Lipinski definition) is 3. The van der Waals surface area contributed by atoms with Crippen LogP contribution in [0.4, 0.5) is 0 Å². The van der Waals surface area contributed by atoms with Gasteiger partial charge in [0.05, 0.1) is 16.6 Å². The van der Waals surface area contributed by atoms with Crippen LogP contribution in [-0.2, 0) is 0 Å². The van der Waals surface area contributed by atoms with E-state index < -0.39 is 0 Å². The minimum atomic E-state index is 0.894. The second kappa shape index (κ2) is 2.45. The third-order valence-corrected chi connectivity index (χ3v) is 2.34. The van der Waals surface area contributed by atoms with E-state index in [4.69, 9.17) is 5.84 Å².